The van der Waals surface area contributed by atoms with Crippen LogP contribution in [0.3, 0.4) is 0 Å². The molecule has 1 amide bonds. The number of carbonyl (C=O) groups excluding carboxylic acids is 1. The summed E-state index contributed by atoms with van der Waals surface area (Å²) in [7, 11) is 0.393. The van der Waals surface area contributed by atoms with Gasteiger partial charge >= 0.3 is 0 Å². The van der Waals surface area contributed by atoms with Gasteiger partial charge < -0.3 is 19.8 Å². The summed E-state index contributed by atoms with van der Waals surface area (Å²) < 4.78 is 34.6. The number of thiol groups is 1. The summed E-state index contributed by atoms with van der Waals surface area (Å²) in [5.41, 5.74) is 3.10. The number of ether oxygens (including phenoxy) is 2. The first-order chi connectivity index (χ1) is 15.9. The maximum Gasteiger partial charge on any atom is 0.225 e. The Balaban J connectivity index is 1.76. The van der Waals surface area contributed by atoms with E-state index in [9.17, 15) is 13.2 Å². The van der Waals surface area contributed by atoms with E-state index in [1.165, 1.54) is 0 Å². The van der Waals surface area contributed by atoms with Crippen molar-refractivity contribution in [2.45, 2.75) is 32.2 Å². The van der Waals surface area contributed by atoms with Gasteiger partial charge in [0.15, 0.2) is 11.5 Å². The van der Waals surface area contributed by atoms with Crippen molar-refractivity contribution in [1.82, 2.24) is 15.3 Å². The van der Waals surface area contributed by atoms with Gasteiger partial charge in [0.25, 0.3) is 0 Å². The van der Waals surface area contributed by atoms with E-state index < -0.39 is 10.9 Å². The number of nitrogens with zero attached hydrogens (tertiary/aromatic N) is 1. The van der Waals surface area contributed by atoms with Crippen LogP contribution < -0.4 is 19.5 Å². The Morgan fingerprint density at radius 2 is 1.76 bits per heavy atom. The van der Waals surface area contributed by atoms with Crippen molar-refractivity contribution in [3.8, 4) is 11.5 Å². The quantitative estimate of drug-likeness (QED) is 0.318. The van der Waals surface area contributed by atoms with E-state index in [0.29, 0.717) is 29.4 Å². The van der Waals surface area contributed by atoms with Gasteiger partial charge in [-0.15, -0.1) is 0 Å². The molecule has 0 spiro atoms. The van der Waals surface area contributed by atoms with Gasteiger partial charge in [0, 0.05) is 11.9 Å². The maximum absolute atomic E-state index is 12.9. The topological polar surface area (TPSA) is 122 Å². The summed E-state index contributed by atoms with van der Waals surface area (Å²) in [5.74, 6) is 1.66. The van der Waals surface area contributed by atoms with Crippen LogP contribution in [-0.2, 0) is 34.9 Å². The fourth-order valence-corrected chi connectivity index (χ4v) is 3.79. The fraction of sp³-hybridized carbons (Fsp3) is 0.304. The summed E-state index contributed by atoms with van der Waals surface area (Å²) in [6, 6.07) is 12.0. The second-order valence-corrected chi connectivity index (χ2v) is 8.12. The second kappa shape index (κ2) is 11.4. The van der Waals surface area contributed by atoms with Gasteiger partial charge in [-0.3, -0.25) is 9.52 Å². The smallest absolute Gasteiger partial charge is 0.225 e. The van der Waals surface area contributed by atoms with E-state index >= 15 is 0 Å². The number of benzene rings is 2. The molecule has 1 atom stereocenters. The van der Waals surface area contributed by atoms with Gasteiger partial charge in [0.1, 0.15) is 5.82 Å². The molecule has 0 saturated carbocycles. The standard InChI is InChI=1S/C23H28N4O5S/c1-4-17-14-24-23(25-17)19(11-15-5-8-18(9-6-15)27-33(29)30)26-22(28)13-16-7-10-20(31-2)21(12-16)32-3/h5-10,12,14,19,33H,4,11,13H2,1-3H3,(H,24,25)(H,26,28)(H,27,29,30)/t19-/m0/s1. The van der Waals surface area contributed by atoms with Crippen LogP contribution in [0.15, 0.2) is 48.7 Å². The fourth-order valence-electron chi connectivity index (χ4n) is 3.43. The van der Waals surface area contributed by atoms with Crippen LogP contribution >= 0.6 is 0 Å². The van der Waals surface area contributed by atoms with E-state index in [0.717, 1.165) is 23.2 Å². The third kappa shape index (κ3) is 6.72. The number of rotatable bonds is 11. The van der Waals surface area contributed by atoms with E-state index in [2.05, 4.69) is 20.0 Å². The Labute approximate surface area is 194 Å². The average molecular weight is 473 g/mol. The van der Waals surface area contributed by atoms with Gasteiger partial charge in [-0.2, -0.15) is 0 Å². The number of anilines is 1. The molecule has 0 aliphatic carbocycles. The number of amides is 1. The summed E-state index contributed by atoms with van der Waals surface area (Å²) in [4.78, 5) is 20.6. The largest absolute Gasteiger partial charge is 0.493 e. The molecule has 3 N–H and O–H groups in total. The van der Waals surface area contributed by atoms with E-state index in [4.69, 9.17) is 9.47 Å². The highest BCUT2D eigenvalue weighted by Gasteiger charge is 2.19. The molecule has 9 nitrogen and oxygen atoms in total. The minimum absolute atomic E-state index is 0.164. The van der Waals surface area contributed by atoms with Crippen LogP contribution in [0.5, 0.6) is 11.5 Å². The molecule has 0 radical (unpaired) electrons. The molecule has 176 valence electrons. The van der Waals surface area contributed by atoms with Gasteiger partial charge in [0.05, 0.1) is 32.4 Å². The molecular weight excluding hydrogens is 444 g/mol. The Hall–Kier alpha value is -3.53. The van der Waals surface area contributed by atoms with Crippen molar-refractivity contribution < 1.29 is 22.7 Å². The zero-order chi connectivity index (χ0) is 23.8. The molecule has 3 aromatic rings. The maximum atomic E-state index is 12.9. The molecule has 3 rings (SSSR count). The van der Waals surface area contributed by atoms with Crippen molar-refractivity contribution in [3.63, 3.8) is 0 Å². The number of carbonyl (C=O) groups is 1. The summed E-state index contributed by atoms with van der Waals surface area (Å²) >= 11 is 0. The lowest BCUT2D eigenvalue weighted by Crippen LogP contribution is -2.32. The average Bonchev–Trinajstić information content (AvgIpc) is 3.29. The predicted octanol–water partition coefficient (Wildman–Crippen LogP) is 2.57. The number of imidazole rings is 1. The third-order valence-electron chi connectivity index (χ3n) is 5.11. The normalized spacial score (nSPS) is 11.8. The highest BCUT2D eigenvalue weighted by Crippen LogP contribution is 2.28. The Kier molecular flexibility index (Phi) is 8.31. The van der Waals surface area contributed by atoms with Crippen molar-refractivity contribution in [2.24, 2.45) is 0 Å². The molecule has 0 fully saturated rings. The number of H-pyrrole nitrogens is 1. The van der Waals surface area contributed by atoms with E-state index in [-0.39, 0.29) is 18.4 Å². The lowest BCUT2D eigenvalue weighted by molar-refractivity contribution is -0.121. The minimum atomic E-state index is -2.72. The number of hydrogen-bond donors (Lipinski definition) is 4. The van der Waals surface area contributed by atoms with Gasteiger partial charge in [-0.1, -0.05) is 25.1 Å². The molecule has 10 heteroatoms. The summed E-state index contributed by atoms with van der Waals surface area (Å²) in [6.45, 7) is 2.01. The number of aryl methyl sites for hydroxylation is 1. The number of aromatic amines is 1. The Morgan fingerprint density at radius 1 is 1.06 bits per heavy atom. The van der Waals surface area contributed by atoms with Gasteiger partial charge in [-0.05, 0) is 48.2 Å². The molecule has 0 aliphatic heterocycles. The highest BCUT2D eigenvalue weighted by atomic mass is 32.2. The van der Waals surface area contributed by atoms with Crippen LogP contribution in [-0.4, -0.2) is 38.5 Å². The van der Waals surface area contributed by atoms with Gasteiger partial charge in [-0.25, -0.2) is 13.4 Å². The number of hydrogen-bond acceptors (Lipinski definition) is 6. The molecule has 1 aromatic heterocycles. The predicted molar refractivity (Wildman–Crippen MR) is 126 cm³/mol. The van der Waals surface area contributed by atoms with Crippen molar-refractivity contribution >= 4 is 22.5 Å². The van der Waals surface area contributed by atoms with Crippen molar-refractivity contribution in [1.29, 1.82) is 0 Å². The molecule has 1 heterocycles. The molecule has 33 heavy (non-hydrogen) atoms. The van der Waals surface area contributed by atoms with Crippen LogP contribution in [0, 0.1) is 0 Å². The molecular formula is C23H28N4O5S. The van der Waals surface area contributed by atoms with E-state index in [1.807, 2.05) is 31.3 Å². The Morgan fingerprint density at radius 3 is 2.36 bits per heavy atom. The first-order valence-corrected chi connectivity index (χ1v) is 11.6. The first kappa shape index (κ1) is 24.1. The second-order valence-electron chi connectivity index (χ2n) is 7.39. The van der Waals surface area contributed by atoms with Crippen LogP contribution in [0.2, 0.25) is 0 Å². The minimum Gasteiger partial charge on any atom is -0.493 e. The molecule has 0 bridgehead atoms. The monoisotopic (exact) mass is 472 g/mol. The zero-order valence-corrected chi connectivity index (χ0v) is 19.6. The molecule has 0 saturated heterocycles. The Bertz CT molecular complexity index is 1150. The zero-order valence-electron chi connectivity index (χ0n) is 18.8. The molecule has 0 unspecified atom stereocenters. The SMILES string of the molecule is CCc1c[nH]c([C@H](Cc2ccc(N[SH](=O)=O)cc2)NC(=O)Cc2ccc(OC)c(OC)c2)n1. The summed E-state index contributed by atoms with van der Waals surface area (Å²) in [5, 5.41) is 3.06. The number of methoxy groups -OCH3 is 2. The van der Waals surface area contributed by atoms with Crippen LogP contribution in [0.4, 0.5) is 5.69 Å². The lowest BCUT2D eigenvalue weighted by Gasteiger charge is -2.18. The number of nitrogens with one attached hydrogen (secondary N) is 3. The van der Waals surface area contributed by atoms with Crippen LogP contribution in [0.1, 0.15) is 35.6 Å². The van der Waals surface area contributed by atoms with Crippen molar-refractivity contribution in [3.05, 3.63) is 71.3 Å². The number of aromatic nitrogens is 2. The molecule has 0 aliphatic rings. The summed E-state index contributed by atoms with van der Waals surface area (Å²) in [6.07, 6.45) is 3.26. The molecule has 2 aromatic carbocycles. The van der Waals surface area contributed by atoms with E-state index in [1.54, 1.807) is 38.5 Å². The van der Waals surface area contributed by atoms with Crippen molar-refractivity contribution in [2.75, 3.05) is 18.9 Å². The lowest BCUT2D eigenvalue weighted by atomic mass is 10.0. The highest BCUT2D eigenvalue weighted by molar-refractivity contribution is 7.73. The first-order valence-electron chi connectivity index (χ1n) is 10.5. The van der Waals surface area contributed by atoms with Crippen LogP contribution in [0.25, 0.3) is 0 Å². The van der Waals surface area contributed by atoms with Gasteiger partial charge in [0.2, 0.25) is 16.8 Å². The third-order valence-corrected chi connectivity index (χ3v) is 5.55.